The molecule has 9 heteroatoms. The van der Waals surface area contributed by atoms with Gasteiger partial charge in [0, 0.05) is 51.9 Å². The van der Waals surface area contributed by atoms with Gasteiger partial charge in [-0.3, -0.25) is 19.2 Å². The number of likely N-dealkylation sites (tertiary alicyclic amines) is 1. The summed E-state index contributed by atoms with van der Waals surface area (Å²) in [7, 11) is 5.11. The second-order valence-corrected chi connectivity index (χ2v) is 7.98. The van der Waals surface area contributed by atoms with Crippen LogP contribution in [0.1, 0.15) is 24.9 Å². The summed E-state index contributed by atoms with van der Waals surface area (Å²) in [6, 6.07) is 8.23. The van der Waals surface area contributed by atoms with E-state index in [1.165, 1.54) is 11.8 Å². The van der Waals surface area contributed by atoms with Gasteiger partial charge in [-0.15, -0.1) is 0 Å². The molecule has 1 aromatic heterocycles. The number of nitrogens with one attached hydrogen (secondary N) is 1. The van der Waals surface area contributed by atoms with E-state index in [2.05, 4.69) is 21.4 Å². The minimum Gasteiger partial charge on any atom is -0.496 e. The molecule has 31 heavy (non-hydrogen) atoms. The average molecular weight is 430 g/mol. The van der Waals surface area contributed by atoms with Crippen molar-refractivity contribution < 1.29 is 19.1 Å². The van der Waals surface area contributed by atoms with E-state index >= 15 is 0 Å². The molecule has 3 rings (SSSR count). The van der Waals surface area contributed by atoms with E-state index in [9.17, 15) is 9.59 Å². The Hall–Kier alpha value is -2.91. The molecule has 1 aliphatic rings. The molecule has 0 bridgehead atoms. The number of ether oxygens (including phenoxy) is 2. The SMILES string of the molecule is COc1ccccc1CN1C[C@@H](n2cc(NC(C)=O)cn2)C[C@H]1COCC(=O)N(C)C. The summed E-state index contributed by atoms with van der Waals surface area (Å²) >= 11 is 0. The molecule has 0 unspecified atom stereocenters. The molecule has 2 aromatic rings. The average Bonchev–Trinajstić information content (AvgIpc) is 3.35. The van der Waals surface area contributed by atoms with Gasteiger partial charge in [-0.1, -0.05) is 18.2 Å². The third kappa shape index (κ3) is 6.05. The van der Waals surface area contributed by atoms with Crippen LogP contribution in [0.4, 0.5) is 5.69 Å². The van der Waals surface area contributed by atoms with Crippen molar-refractivity contribution in [2.24, 2.45) is 0 Å². The minimum absolute atomic E-state index is 0.0575. The third-order valence-corrected chi connectivity index (χ3v) is 5.40. The van der Waals surface area contributed by atoms with Crippen LogP contribution in [0.5, 0.6) is 5.75 Å². The van der Waals surface area contributed by atoms with Crippen LogP contribution in [0.2, 0.25) is 0 Å². The third-order valence-electron chi connectivity index (χ3n) is 5.40. The lowest BCUT2D eigenvalue weighted by Crippen LogP contribution is -2.34. The molecule has 2 heterocycles. The quantitative estimate of drug-likeness (QED) is 0.654. The topological polar surface area (TPSA) is 88.9 Å². The molecule has 0 spiro atoms. The van der Waals surface area contributed by atoms with Crippen molar-refractivity contribution in [1.82, 2.24) is 19.6 Å². The molecule has 1 aromatic carbocycles. The van der Waals surface area contributed by atoms with Crippen LogP contribution >= 0.6 is 0 Å². The highest BCUT2D eigenvalue weighted by atomic mass is 16.5. The van der Waals surface area contributed by atoms with E-state index < -0.39 is 0 Å². The fourth-order valence-corrected chi connectivity index (χ4v) is 3.79. The second kappa shape index (κ2) is 10.4. The van der Waals surface area contributed by atoms with Gasteiger partial charge in [0.05, 0.1) is 31.6 Å². The number of methoxy groups -OCH3 is 1. The Morgan fingerprint density at radius 2 is 2.06 bits per heavy atom. The zero-order chi connectivity index (χ0) is 22.4. The molecular formula is C22H31N5O4. The normalized spacial score (nSPS) is 18.7. The number of likely N-dealkylation sites (N-methyl/N-ethyl adjacent to an activating group) is 1. The Morgan fingerprint density at radius 3 is 2.77 bits per heavy atom. The summed E-state index contributed by atoms with van der Waals surface area (Å²) < 4.78 is 13.2. The first-order chi connectivity index (χ1) is 14.9. The van der Waals surface area contributed by atoms with Gasteiger partial charge in [0.25, 0.3) is 0 Å². The monoisotopic (exact) mass is 429 g/mol. The van der Waals surface area contributed by atoms with Crippen LogP contribution in [0.3, 0.4) is 0 Å². The zero-order valence-electron chi connectivity index (χ0n) is 18.6. The number of aromatic nitrogens is 2. The lowest BCUT2D eigenvalue weighted by molar-refractivity contribution is -0.134. The minimum atomic E-state index is -0.124. The number of rotatable bonds is 9. The first kappa shape index (κ1) is 22.8. The molecule has 168 valence electrons. The Morgan fingerprint density at radius 1 is 1.29 bits per heavy atom. The molecule has 0 aliphatic carbocycles. The van der Waals surface area contributed by atoms with Gasteiger partial charge in [-0.25, -0.2) is 0 Å². The molecule has 0 saturated carbocycles. The Labute approximate surface area is 182 Å². The van der Waals surface area contributed by atoms with Gasteiger partial charge >= 0.3 is 0 Å². The van der Waals surface area contributed by atoms with Crippen LogP contribution in [0, 0.1) is 0 Å². The lowest BCUT2D eigenvalue weighted by atomic mass is 10.1. The summed E-state index contributed by atoms with van der Waals surface area (Å²) in [5.41, 5.74) is 1.78. The van der Waals surface area contributed by atoms with Crippen molar-refractivity contribution in [3.05, 3.63) is 42.2 Å². The molecule has 1 fully saturated rings. The predicted molar refractivity (Wildman–Crippen MR) is 117 cm³/mol. The number of carbonyl (C=O) groups excluding carboxylic acids is 2. The fraction of sp³-hybridized carbons (Fsp3) is 0.500. The lowest BCUT2D eigenvalue weighted by Gasteiger charge is -2.25. The van der Waals surface area contributed by atoms with Crippen molar-refractivity contribution >= 4 is 17.5 Å². The van der Waals surface area contributed by atoms with Crippen LogP contribution in [-0.2, 0) is 20.9 Å². The molecule has 0 radical (unpaired) electrons. The molecule has 1 N–H and O–H groups in total. The van der Waals surface area contributed by atoms with Crippen molar-refractivity contribution in [2.75, 3.05) is 46.3 Å². The molecular weight excluding hydrogens is 398 g/mol. The molecule has 1 saturated heterocycles. The molecule has 2 atom stereocenters. The number of carbonyl (C=O) groups is 2. The maximum atomic E-state index is 11.9. The summed E-state index contributed by atoms with van der Waals surface area (Å²) in [6.45, 7) is 3.46. The summed E-state index contributed by atoms with van der Waals surface area (Å²) in [6.07, 6.45) is 4.34. The van der Waals surface area contributed by atoms with Gasteiger partial charge in [0.1, 0.15) is 12.4 Å². The van der Waals surface area contributed by atoms with Crippen molar-refractivity contribution in [3.8, 4) is 5.75 Å². The second-order valence-electron chi connectivity index (χ2n) is 7.98. The number of anilines is 1. The van der Waals surface area contributed by atoms with Crippen LogP contribution in [0.15, 0.2) is 36.7 Å². The van der Waals surface area contributed by atoms with E-state index in [1.807, 2.05) is 29.1 Å². The van der Waals surface area contributed by atoms with Gasteiger partial charge in [0.2, 0.25) is 11.8 Å². The number of hydrogen-bond acceptors (Lipinski definition) is 6. The summed E-state index contributed by atoms with van der Waals surface area (Å²) in [5.74, 6) is 0.666. The van der Waals surface area contributed by atoms with E-state index in [0.29, 0.717) is 18.8 Å². The number of amides is 2. The highest BCUT2D eigenvalue weighted by molar-refractivity contribution is 5.88. The first-order valence-corrected chi connectivity index (χ1v) is 10.3. The van der Waals surface area contributed by atoms with Gasteiger partial charge in [0.15, 0.2) is 0 Å². The summed E-state index contributed by atoms with van der Waals surface area (Å²) in [5, 5.41) is 7.21. The highest BCUT2D eigenvalue weighted by Crippen LogP contribution is 2.31. The van der Waals surface area contributed by atoms with E-state index in [0.717, 1.165) is 24.3 Å². The molecule has 2 amide bonds. The zero-order valence-corrected chi connectivity index (χ0v) is 18.6. The summed E-state index contributed by atoms with van der Waals surface area (Å²) in [4.78, 5) is 27.0. The van der Waals surface area contributed by atoms with Gasteiger partial charge < -0.3 is 19.7 Å². The number of hydrogen-bond donors (Lipinski definition) is 1. The standard InChI is InChI=1S/C22H31N5O4/c1-16(28)24-18-10-23-27(12-18)19-9-20(14-31-15-22(29)25(2)3)26(13-19)11-17-7-5-6-8-21(17)30-4/h5-8,10,12,19-20H,9,11,13-15H2,1-4H3,(H,24,28)/t19-,20-/m0/s1. The van der Waals surface area contributed by atoms with Crippen molar-refractivity contribution in [2.45, 2.75) is 32.0 Å². The highest BCUT2D eigenvalue weighted by Gasteiger charge is 2.34. The maximum absolute atomic E-state index is 11.9. The van der Waals surface area contributed by atoms with Gasteiger partial charge in [-0.05, 0) is 12.5 Å². The predicted octanol–water partition coefficient (Wildman–Crippen LogP) is 1.77. The largest absolute Gasteiger partial charge is 0.496 e. The number of para-hydroxylation sites is 1. The van der Waals surface area contributed by atoms with Gasteiger partial charge in [-0.2, -0.15) is 5.10 Å². The number of nitrogens with zero attached hydrogens (tertiary/aromatic N) is 4. The smallest absolute Gasteiger partial charge is 0.248 e. The van der Waals surface area contributed by atoms with E-state index in [1.54, 1.807) is 27.4 Å². The van der Waals surface area contributed by atoms with E-state index in [-0.39, 0.29) is 30.5 Å². The Bertz CT molecular complexity index is 898. The van der Waals surface area contributed by atoms with E-state index in [4.69, 9.17) is 9.47 Å². The fourth-order valence-electron chi connectivity index (χ4n) is 3.79. The number of benzene rings is 1. The van der Waals surface area contributed by atoms with Crippen LogP contribution < -0.4 is 10.1 Å². The maximum Gasteiger partial charge on any atom is 0.248 e. The Kier molecular flexibility index (Phi) is 7.64. The van der Waals surface area contributed by atoms with Crippen molar-refractivity contribution in [1.29, 1.82) is 0 Å². The Balaban J connectivity index is 1.72. The van der Waals surface area contributed by atoms with Crippen molar-refractivity contribution in [3.63, 3.8) is 0 Å². The van der Waals surface area contributed by atoms with Crippen LogP contribution in [-0.4, -0.2) is 78.4 Å². The van der Waals surface area contributed by atoms with Crippen LogP contribution in [0.25, 0.3) is 0 Å². The molecule has 1 aliphatic heterocycles. The molecule has 9 nitrogen and oxygen atoms in total. The first-order valence-electron chi connectivity index (χ1n) is 10.3.